The number of thioether (sulfide) groups is 1. The van der Waals surface area contributed by atoms with E-state index in [1.165, 1.54) is 23.9 Å². The maximum Gasteiger partial charge on any atom is 0.234 e. The van der Waals surface area contributed by atoms with E-state index in [1.54, 1.807) is 30.3 Å². The summed E-state index contributed by atoms with van der Waals surface area (Å²) in [7, 11) is -3.61. The first-order chi connectivity index (χ1) is 12.3. The number of nitrogens with one attached hydrogen (secondary N) is 2. The van der Waals surface area contributed by atoms with Gasteiger partial charge in [0.15, 0.2) is 9.84 Å². The first-order valence-electron chi connectivity index (χ1n) is 7.68. The molecule has 0 saturated carbocycles. The number of hydrogen-bond acceptors (Lipinski definition) is 5. The van der Waals surface area contributed by atoms with Gasteiger partial charge in [0.05, 0.1) is 22.1 Å². The molecule has 2 aromatic carbocycles. The van der Waals surface area contributed by atoms with Crippen LogP contribution in [0.25, 0.3) is 0 Å². The fourth-order valence-electron chi connectivity index (χ4n) is 2.35. The first kappa shape index (κ1) is 18.8. The van der Waals surface area contributed by atoms with Crippen molar-refractivity contribution in [3.63, 3.8) is 0 Å². The molecule has 0 saturated heterocycles. The number of halogens is 1. The molecule has 0 aliphatic carbocycles. The lowest BCUT2D eigenvalue weighted by atomic mass is 10.3. The molecule has 0 unspecified atom stereocenters. The Kier molecular flexibility index (Phi) is 5.55. The topological polar surface area (TPSA) is 92.3 Å². The van der Waals surface area contributed by atoms with E-state index in [0.29, 0.717) is 21.3 Å². The molecule has 26 heavy (non-hydrogen) atoms. The van der Waals surface area contributed by atoms with E-state index in [4.69, 9.17) is 11.6 Å². The van der Waals surface area contributed by atoms with Crippen molar-refractivity contribution >= 4 is 56.4 Å². The number of benzene rings is 2. The number of rotatable bonds is 5. The summed E-state index contributed by atoms with van der Waals surface area (Å²) in [6.07, 6.45) is -0.161. The third kappa shape index (κ3) is 4.57. The summed E-state index contributed by atoms with van der Waals surface area (Å²) in [4.78, 5) is 24.2. The van der Waals surface area contributed by atoms with E-state index in [9.17, 15) is 18.0 Å². The third-order valence-electron chi connectivity index (χ3n) is 3.67. The third-order valence-corrected chi connectivity index (χ3v) is 6.69. The molecule has 0 atom stereocenters. The van der Waals surface area contributed by atoms with Crippen LogP contribution in [0.3, 0.4) is 0 Å². The van der Waals surface area contributed by atoms with E-state index >= 15 is 0 Å². The van der Waals surface area contributed by atoms with Crippen LogP contribution in [0.4, 0.5) is 11.4 Å². The second kappa shape index (κ2) is 7.69. The van der Waals surface area contributed by atoms with Gasteiger partial charge in [-0.1, -0.05) is 11.6 Å². The van der Waals surface area contributed by atoms with Crippen LogP contribution >= 0.6 is 23.4 Å². The second-order valence-electron chi connectivity index (χ2n) is 5.62. The van der Waals surface area contributed by atoms with Crippen molar-refractivity contribution in [2.24, 2.45) is 0 Å². The lowest BCUT2D eigenvalue weighted by molar-refractivity contribution is -0.116. The zero-order chi connectivity index (χ0) is 18.7. The Morgan fingerprint density at radius 3 is 2.65 bits per heavy atom. The van der Waals surface area contributed by atoms with Crippen LogP contribution in [0.2, 0.25) is 5.02 Å². The Balaban J connectivity index is 1.64. The molecule has 1 heterocycles. The molecular weight excluding hydrogens is 396 g/mol. The van der Waals surface area contributed by atoms with E-state index in [-0.39, 0.29) is 28.7 Å². The summed E-state index contributed by atoms with van der Waals surface area (Å²) in [6, 6.07) is 11.1. The van der Waals surface area contributed by atoms with Crippen LogP contribution < -0.4 is 10.6 Å². The van der Waals surface area contributed by atoms with Gasteiger partial charge < -0.3 is 10.6 Å². The quantitative estimate of drug-likeness (QED) is 0.789. The van der Waals surface area contributed by atoms with E-state index in [2.05, 4.69) is 10.6 Å². The summed E-state index contributed by atoms with van der Waals surface area (Å²) < 4.78 is 25.0. The van der Waals surface area contributed by atoms with Crippen molar-refractivity contribution in [1.29, 1.82) is 0 Å². The number of hydrogen-bond donors (Lipinski definition) is 2. The Hall–Kier alpha value is -2.03. The highest BCUT2D eigenvalue weighted by Gasteiger charge is 2.21. The fraction of sp³-hybridized carbons (Fsp3) is 0.176. The summed E-state index contributed by atoms with van der Waals surface area (Å²) >= 11 is 7.07. The molecular formula is C17H15ClN2O4S2. The van der Waals surface area contributed by atoms with Crippen molar-refractivity contribution in [3.05, 3.63) is 47.5 Å². The molecule has 2 N–H and O–H groups in total. The standard InChI is InChI=1S/C17H15ClN2O4S2/c18-11-1-3-12(4-2-11)19-16(21)7-8-26(23,24)13-5-6-14-15(9-13)25-10-17(22)20-14/h1-6,9H,7-8,10H2,(H,19,21)(H,20,22). The van der Waals surface area contributed by atoms with Crippen LogP contribution in [0.15, 0.2) is 52.3 Å². The number of carbonyl (C=O) groups is 2. The summed E-state index contributed by atoms with van der Waals surface area (Å²) in [5, 5.41) is 5.87. The zero-order valence-corrected chi connectivity index (χ0v) is 15.9. The first-order valence-corrected chi connectivity index (χ1v) is 10.7. The average molecular weight is 411 g/mol. The van der Waals surface area contributed by atoms with Gasteiger partial charge >= 0.3 is 0 Å². The van der Waals surface area contributed by atoms with Gasteiger partial charge in [0.1, 0.15) is 0 Å². The van der Waals surface area contributed by atoms with Crippen LogP contribution in [0.1, 0.15) is 6.42 Å². The predicted octanol–water partition coefficient (Wildman–Crippen LogP) is 3.19. The number of carbonyl (C=O) groups excluding carboxylic acids is 2. The highest BCUT2D eigenvalue weighted by Crippen LogP contribution is 2.33. The largest absolute Gasteiger partial charge is 0.326 e. The van der Waals surface area contributed by atoms with Gasteiger partial charge in [-0.05, 0) is 42.5 Å². The van der Waals surface area contributed by atoms with Gasteiger partial charge in [-0.3, -0.25) is 9.59 Å². The minimum absolute atomic E-state index is 0.114. The summed E-state index contributed by atoms with van der Waals surface area (Å²) in [5.41, 5.74) is 1.16. The van der Waals surface area contributed by atoms with Gasteiger partial charge in [-0.25, -0.2) is 8.42 Å². The molecule has 9 heteroatoms. The Labute approximate surface area is 160 Å². The van der Waals surface area contributed by atoms with Gasteiger partial charge in [0, 0.05) is 22.0 Å². The molecule has 136 valence electrons. The fourth-order valence-corrected chi connectivity index (χ4v) is 4.66. The average Bonchev–Trinajstić information content (AvgIpc) is 2.61. The maximum absolute atomic E-state index is 12.5. The molecule has 1 aliphatic heterocycles. The van der Waals surface area contributed by atoms with Crippen molar-refractivity contribution in [1.82, 2.24) is 0 Å². The van der Waals surface area contributed by atoms with E-state index in [1.807, 2.05) is 0 Å². The van der Waals surface area contributed by atoms with Crippen LogP contribution in [0, 0.1) is 0 Å². The minimum Gasteiger partial charge on any atom is -0.326 e. The lowest BCUT2D eigenvalue weighted by Gasteiger charge is -2.17. The van der Waals surface area contributed by atoms with Crippen LogP contribution in [-0.4, -0.2) is 31.7 Å². The van der Waals surface area contributed by atoms with Crippen LogP contribution in [0.5, 0.6) is 0 Å². The second-order valence-corrected chi connectivity index (χ2v) is 9.18. The summed E-state index contributed by atoms with van der Waals surface area (Å²) in [6.45, 7) is 0. The van der Waals surface area contributed by atoms with Gasteiger partial charge in [-0.15, -0.1) is 11.8 Å². The molecule has 0 spiro atoms. The highest BCUT2D eigenvalue weighted by molar-refractivity contribution is 8.00. The van der Waals surface area contributed by atoms with Crippen molar-refractivity contribution in [3.8, 4) is 0 Å². The van der Waals surface area contributed by atoms with Crippen LogP contribution in [-0.2, 0) is 19.4 Å². The SMILES string of the molecule is O=C(CCS(=O)(=O)c1ccc2c(c1)SCC(=O)N2)Nc1ccc(Cl)cc1. The zero-order valence-electron chi connectivity index (χ0n) is 13.5. The molecule has 0 aromatic heterocycles. The maximum atomic E-state index is 12.5. The molecule has 0 fully saturated rings. The molecule has 1 aliphatic rings. The van der Waals surface area contributed by atoms with Gasteiger partial charge in [0.25, 0.3) is 0 Å². The molecule has 0 bridgehead atoms. The summed E-state index contributed by atoms with van der Waals surface area (Å²) in [5.74, 6) is -0.560. The van der Waals surface area contributed by atoms with Gasteiger partial charge in [0.2, 0.25) is 11.8 Å². The van der Waals surface area contributed by atoms with Crippen molar-refractivity contribution in [2.75, 3.05) is 22.1 Å². The van der Waals surface area contributed by atoms with Crippen molar-refractivity contribution < 1.29 is 18.0 Å². The molecule has 2 amide bonds. The highest BCUT2D eigenvalue weighted by atomic mass is 35.5. The van der Waals surface area contributed by atoms with Crippen molar-refractivity contribution in [2.45, 2.75) is 16.2 Å². The Morgan fingerprint density at radius 2 is 1.92 bits per heavy atom. The Bertz CT molecular complexity index is 959. The molecule has 2 aromatic rings. The lowest BCUT2D eigenvalue weighted by Crippen LogP contribution is -2.20. The smallest absolute Gasteiger partial charge is 0.234 e. The van der Waals surface area contributed by atoms with Gasteiger partial charge in [-0.2, -0.15) is 0 Å². The number of anilines is 2. The molecule has 0 radical (unpaired) electrons. The number of fused-ring (bicyclic) bond motifs is 1. The minimum atomic E-state index is -3.61. The normalized spacial score (nSPS) is 13.7. The molecule has 3 rings (SSSR count). The predicted molar refractivity (Wildman–Crippen MR) is 103 cm³/mol. The Morgan fingerprint density at radius 1 is 1.19 bits per heavy atom. The number of sulfone groups is 1. The van der Waals surface area contributed by atoms with E-state index in [0.717, 1.165) is 0 Å². The number of amides is 2. The van der Waals surface area contributed by atoms with E-state index < -0.39 is 15.7 Å². The monoisotopic (exact) mass is 410 g/mol. The molecule has 6 nitrogen and oxygen atoms in total.